The molecular formula is C31H35ClFN3O6. The van der Waals surface area contributed by atoms with Gasteiger partial charge in [0.1, 0.15) is 5.82 Å². The minimum Gasteiger partial charge on any atom is -0.481 e. The third kappa shape index (κ3) is 6.45. The molecule has 2 aromatic carbocycles. The molecule has 9 nitrogen and oxygen atoms in total. The second-order valence-corrected chi connectivity index (χ2v) is 11.6. The molecule has 0 bridgehead atoms. The van der Waals surface area contributed by atoms with E-state index in [2.05, 4.69) is 5.32 Å². The number of nitrogens with one attached hydrogen (secondary N) is 1. The van der Waals surface area contributed by atoms with Gasteiger partial charge < -0.3 is 29.4 Å². The van der Waals surface area contributed by atoms with Crippen LogP contribution in [0, 0.1) is 11.7 Å². The van der Waals surface area contributed by atoms with Gasteiger partial charge in [-0.1, -0.05) is 29.8 Å². The van der Waals surface area contributed by atoms with Gasteiger partial charge in [0.2, 0.25) is 5.91 Å². The number of para-hydroxylation sites is 1. The van der Waals surface area contributed by atoms with E-state index in [1.54, 1.807) is 18.2 Å². The number of benzene rings is 2. The maximum Gasteiger partial charge on any atom is 0.306 e. The maximum absolute atomic E-state index is 15.2. The van der Waals surface area contributed by atoms with Gasteiger partial charge >= 0.3 is 5.97 Å². The first-order chi connectivity index (χ1) is 20.1. The van der Waals surface area contributed by atoms with Gasteiger partial charge in [0, 0.05) is 37.8 Å². The molecule has 1 aromatic heterocycles. The number of carbonyl (C=O) groups is 3. The predicted molar refractivity (Wildman–Crippen MR) is 156 cm³/mol. The van der Waals surface area contributed by atoms with Crippen LogP contribution in [-0.2, 0) is 32.5 Å². The Morgan fingerprint density at radius 3 is 2.57 bits per heavy atom. The summed E-state index contributed by atoms with van der Waals surface area (Å²) >= 11 is 6.45. The van der Waals surface area contributed by atoms with Gasteiger partial charge in [-0.3, -0.25) is 14.4 Å². The van der Waals surface area contributed by atoms with Crippen molar-refractivity contribution >= 4 is 46.0 Å². The number of anilines is 1. The van der Waals surface area contributed by atoms with Crippen molar-refractivity contribution in [2.24, 2.45) is 13.0 Å². The van der Waals surface area contributed by atoms with E-state index < -0.39 is 17.7 Å². The number of rotatable bonds is 9. The van der Waals surface area contributed by atoms with E-state index in [1.807, 2.05) is 35.9 Å². The highest BCUT2D eigenvalue weighted by Crippen LogP contribution is 2.31. The van der Waals surface area contributed by atoms with E-state index in [0.717, 1.165) is 17.0 Å². The summed E-state index contributed by atoms with van der Waals surface area (Å²) in [7, 11) is 3.43. The quantitative estimate of drug-likeness (QED) is 0.357. The summed E-state index contributed by atoms with van der Waals surface area (Å²) in [5.41, 5.74) is 1.57. The second-order valence-electron chi connectivity index (χ2n) is 11.2. The number of ether oxygens (including phenoxy) is 2. The Morgan fingerprint density at radius 2 is 1.86 bits per heavy atom. The molecule has 0 radical (unpaired) electrons. The molecule has 11 heteroatoms. The van der Waals surface area contributed by atoms with E-state index >= 15 is 4.39 Å². The number of likely N-dealkylation sites (tertiary alicyclic amines) is 1. The highest BCUT2D eigenvalue weighted by molar-refractivity contribution is 6.34. The van der Waals surface area contributed by atoms with Gasteiger partial charge in [-0.2, -0.15) is 0 Å². The van der Waals surface area contributed by atoms with E-state index in [-0.39, 0.29) is 52.8 Å². The SMILES string of the molecule is CO[C@@H]1C[C@@H](CO[C@H]2CC[C@H](C(=O)O)CC2)N(C(=O)Cc2cc(Cl)c(NC(=O)c3cn(C)c4ccccc34)cc2F)C1. The number of aryl methyl sites for hydroxylation is 1. The molecule has 3 aromatic rings. The number of carbonyl (C=O) groups excluding carboxylic acids is 2. The molecule has 224 valence electrons. The van der Waals surface area contributed by atoms with E-state index in [4.69, 9.17) is 21.1 Å². The Kier molecular flexibility index (Phi) is 9.15. The lowest BCUT2D eigenvalue weighted by Crippen LogP contribution is -2.40. The summed E-state index contributed by atoms with van der Waals surface area (Å²) in [6, 6.07) is 9.76. The number of methoxy groups -OCH3 is 1. The van der Waals surface area contributed by atoms with Crippen LogP contribution < -0.4 is 5.32 Å². The van der Waals surface area contributed by atoms with Crippen molar-refractivity contribution in [3.05, 3.63) is 64.6 Å². The van der Waals surface area contributed by atoms with Crippen LogP contribution in [-0.4, -0.2) is 70.9 Å². The lowest BCUT2D eigenvalue weighted by atomic mass is 9.87. The van der Waals surface area contributed by atoms with Crippen molar-refractivity contribution in [1.82, 2.24) is 9.47 Å². The molecule has 42 heavy (non-hydrogen) atoms. The Morgan fingerprint density at radius 1 is 1.12 bits per heavy atom. The number of carboxylic acid groups (broad SMARTS) is 1. The van der Waals surface area contributed by atoms with Gasteiger partial charge in [0.15, 0.2) is 0 Å². The molecule has 2 N–H and O–H groups in total. The zero-order valence-electron chi connectivity index (χ0n) is 23.6. The van der Waals surface area contributed by atoms with E-state index in [9.17, 15) is 19.5 Å². The monoisotopic (exact) mass is 599 g/mol. The van der Waals surface area contributed by atoms with Crippen LogP contribution in [0.3, 0.4) is 0 Å². The molecule has 2 atom stereocenters. The lowest BCUT2D eigenvalue weighted by Gasteiger charge is -2.30. The minimum atomic E-state index is -0.767. The average Bonchev–Trinajstić information content (AvgIpc) is 3.56. The highest BCUT2D eigenvalue weighted by Gasteiger charge is 2.37. The van der Waals surface area contributed by atoms with Crippen molar-refractivity contribution in [1.29, 1.82) is 0 Å². The second kappa shape index (κ2) is 12.8. The first-order valence-electron chi connectivity index (χ1n) is 14.1. The molecule has 0 spiro atoms. The number of halogens is 2. The fourth-order valence-corrected chi connectivity index (χ4v) is 6.26. The number of amides is 2. The van der Waals surface area contributed by atoms with Crippen molar-refractivity contribution in [2.45, 2.75) is 56.8 Å². The van der Waals surface area contributed by atoms with E-state index in [1.165, 1.54) is 6.07 Å². The molecule has 1 saturated heterocycles. The van der Waals surface area contributed by atoms with Gasteiger partial charge in [-0.05, 0) is 55.9 Å². The number of aliphatic carboxylic acids is 1. The van der Waals surface area contributed by atoms with Gasteiger partial charge in [-0.25, -0.2) is 4.39 Å². The molecule has 5 rings (SSSR count). The van der Waals surface area contributed by atoms with Crippen LogP contribution in [0.25, 0.3) is 10.9 Å². The summed E-state index contributed by atoms with van der Waals surface area (Å²) in [5.74, 6) is -2.44. The van der Waals surface area contributed by atoms with Crippen LogP contribution in [0.4, 0.5) is 10.1 Å². The molecule has 1 aliphatic carbocycles. The minimum absolute atomic E-state index is 0.0490. The molecule has 1 aliphatic heterocycles. The van der Waals surface area contributed by atoms with Gasteiger partial charge in [-0.15, -0.1) is 0 Å². The fourth-order valence-electron chi connectivity index (χ4n) is 6.03. The van der Waals surface area contributed by atoms with Gasteiger partial charge in [0.25, 0.3) is 5.91 Å². The predicted octanol–water partition coefficient (Wildman–Crippen LogP) is 5.04. The van der Waals surface area contributed by atoms with Crippen LogP contribution in [0.1, 0.15) is 48.0 Å². The molecule has 0 unspecified atom stereocenters. The number of carboxylic acids is 1. The molecule has 2 amide bonds. The van der Waals surface area contributed by atoms with Crippen LogP contribution in [0.5, 0.6) is 0 Å². The first-order valence-corrected chi connectivity index (χ1v) is 14.5. The van der Waals surface area contributed by atoms with Crippen LogP contribution in [0.2, 0.25) is 5.02 Å². The highest BCUT2D eigenvalue weighted by atomic mass is 35.5. The van der Waals surface area contributed by atoms with Crippen molar-refractivity contribution in [3.8, 4) is 0 Å². The van der Waals surface area contributed by atoms with Gasteiger partial charge in [0.05, 0.1) is 53.5 Å². The molecule has 2 aliphatic rings. The van der Waals surface area contributed by atoms with Crippen molar-refractivity contribution in [3.63, 3.8) is 0 Å². The number of nitrogens with zero attached hydrogens (tertiary/aromatic N) is 2. The Balaban J connectivity index is 1.23. The topological polar surface area (TPSA) is 110 Å². The Labute approximate surface area is 248 Å². The standard InChI is InChI=1S/C31H35ClFN3O6/c1-35-16-24(23-5-3-4-6-28(23)35)30(38)34-27-14-26(33)19(11-25(27)32)12-29(37)36-15-22(41-2)13-20(36)17-42-21-9-7-18(8-10-21)31(39)40/h3-6,11,14,16,18,20-22H,7-10,12-13,15,17H2,1-2H3,(H,34,38)(H,39,40)/t18-,20-,21-,22+/m0/s1. The summed E-state index contributed by atoms with van der Waals surface area (Å²) in [6.07, 6.45) is 4.37. The Hall–Kier alpha value is -3.47. The zero-order valence-corrected chi connectivity index (χ0v) is 24.4. The smallest absolute Gasteiger partial charge is 0.306 e. The lowest BCUT2D eigenvalue weighted by molar-refractivity contribution is -0.144. The van der Waals surface area contributed by atoms with E-state index in [0.29, 0.717) is 50.8 Å². The summed E-state index contributed by atoms with van der Waals surface area (Å²) in [4.78, 5) is 39.3. The number of fused-ring (bicyclic) bond motifs is 1. The Bertz CT molecular complexity index is 1480. The van der Waals surface area contributed by atoms with Crippen LogP contribution in [0.15, 0.2) is 42.6 Å². The number of aromatic nitrogens is 1. The molecule has 1 saturated carbocycles. The van der Waals surface area contributed by atoms with Crippen LogP contribution >= 0.6 is 11.6 Å². The summed E-state index contributed by atoms with van der Waals surface area (Å²) in [6.45, 7) is 0.667. The normalized spacial score (nSPS) is 22.4. The third-order valence-corrected chi connectivity index (χ3v) is 8.76. The van der Waals surface area contributed by atoms with Crippen molar-refractivity contribution < 1.29 is 33.4 Å². The largest absolute Gasteiger partial charge is 0.481 e. The summed E-state index contributed by atoms with van der Waals surface area (Å²) in [5, 5.41) is 12.8. The average molecular weight is 600 g/mol. The molecular weight excluding hydrogens is 565 g/mol. The molecule has 2 heterocycles. The maximum atomic E-state index is 15.2. The first kappa shape index (κ1) is 30.0. The molecule has 2 fully saturated rings. The summed E-state index contributed by atoms with van der Waals surface area (Å²) < 4.78 is 28.7. The fraction of sp³-hybridized carbons (Fsp3) is 0.452. The van der Waals surface area contributed by atoms with Crippen molar-refractivity contribution in [2.75, 3.05) is 25.6 Å². The number of hydrogen-bond acceptors (Lipinski definition) is 5. The third-order valence-electron chi connectivity index (χ3n) is 8.45. The zero-order chi connectivity index (χ0) is 30.0. The number of hydrogen-bond donors (Lipinski definition) is 2.